The van der Waals surface area contributed by atoms with Crippen LogP contribution in [0, 0.1) is 14.9 Å². The van der Waals surface area contributed by atoms with E-state index in [-0.39, 0.29) is 5.75 Å². The fourth-order valence-corrected chi connectivity index (χ4v) is 2.64. The van der Waals surface area contributed by atoms with Crippen molar-refractivity contribution in [2.24, 2.45) is 0 Å². The molecular weight excluding hydrogens is 432 g/mol. The van der Waals surface area contributed by atoms with E-state index in [0.29, 0.717) is 22.2 Å². The van der Waals surface area contributed by atoms with Crippen molar-refractivity contribution in [3.8, 4) is 17.6 Å². The van der Waals surface area contributed by atoms with E-state index in [0.717, 1.165) is 15.7 Å². The Morgan fingerprint density at radius 1 is 1.08 bits per heavy atom. The monoisotopic (exact) mass is 440 g/mol. The van der Waals surface area contributed by atoms with Crippen molar-refractivity contribution < 1.29 is 17.9 Å². The molecule has 0 unspecified atom stereocenters. The molecule has 0 fully saturated rings. The molecule has 0 bridgehead atoms. The molecule has 0 aliphatic carbocycles. The summed E-state index contributed by atoms with van der Waals surface area (Å²) in [4.78, 5) is 4.28. The highest BCUT2D eigenvalue weighted by Gasteiger charge is 2.30. The summed E-state index contributed by atoms with van der Waals surface area (Å²) >= 11 is 2.09. The van der Waals surface area contributed by atoms with Gasteiger partial charge in [0.1, 0.15) is 11.3 Å². The third-order valence-corrected chi connectivity index (χ3v) is 3.90. The van der Waals surface area contributed by atoms with Crippen LogP contribution in [0.1, 0.15) is 11.1 Å². The summed E-state index contributed by atoms with van der Waals surface area (Å²) in [6.07, 6.45) is -2.76. The molecule has 0 N–H and O–H groups in total. The number of rotatable bonds is 2. The zero-order valence-corrected chi connectivity index (χ0v) is 14.1. The number of alkyl halides is 3. The minimum Gasteiger partial charge on any atom is -0.455 e. The molecule has 3 aromatic rings. The molecule has 1 heterocycles. The van der Waals surface area contributed by atoms with Gasteiger partial charge in [-0.3, -0.25) is 4.98 Å². The number of fused-ring (bicyclic) bond motifs is 1. The first-order valence-corrected chi connectivity index (χ1v) is 7.80. The number of halogens is 4. The predicted molar refractivity (Wildman–Crippen MR) is 90.7 cm³/mol. The summed E-state index contributed by atoms with van der Waals surface area (Å²) in [5, 5.41) is 9.82. The Kier molecular flexibility index (Phi) is 4.32. The van der Waals surface area contributed by atoms with Gasteiger partial charge in [0.25, 0.3) is 0 Å². The molecule has 0 radical (unpaired) electrons. The average molecular weight is 440 g/mol. The van der Waals surface area contributed by atoms with Crippen molar-refractivity contribution in [3.63, 3.8) is 0 Å². The van der Waals surface area contributed by atoms with Gasteiger partial charge in [-0.25, -0.2) is 0 Å². The smallest absolute Gasteiger partial charge is 0.416 e. The highest BCUT2D eigenvalue weighted by Crippen LogP contribution is 2.34. The fourth-order valence-electron chi connectivity index (χ4n) is 2.19. The fraction of sp³-hybridized carbons (Fsp3) is 0.0588. The van der Waals surface area contributed by atoms with Crippen LogP contribution in [0.2, 0.25) is 0 Å². The highest BCUT2D eigenvalue weighted by atomic mass is 127. The number of nitrogens with zero attached hydrogens (tertiary/aromatic N) is 2. The molecule has 0 atom stereocenters. The lowest BCUT2D eigenvalue weighted by Crippen LogP contribution is -2.04. The maximum absolute atomic E-state index is 12.6. The molecular formula is C17H8F3IN2O. The second-order valence-corrected chi connectivity index (χ2v) is 6.14. The van der Waals surface area contributed by atoms with Crippen molar-refractivity contribution in [2.75, 3.05) is 0 Å². The third kappa shape index (κ3) is 3.28. The molecule has 0 amide bonds. The van der Waals surface area contributed by atoms with Crippen LogP contribution >= 0.6 is 22.6 Å². The molecule has 120 valence electrons. The van der Waals surface area contributed by atoms with Crippen molar-refractivity contribution >= 4 is 33.5 Å². The van der Waals surface area contributed by atoms with E-state index < -0.39 is 11.7 Å². The molecule has 3 nitrogen and oxygen atoms in total. The molecule has 0 saturated heterocycles. The van der Waals surface area contributed by atoms with E-state index in [1.807, 2.05) is 0 Å². The Hall–Kier alpha value is -2.34. The lowest BCUT2D eigenvalue weighted by atomic mass is 10.1. The molecule has 1 aromatic heterocycles. The third-order valence-electron chi connectivity index (χ3n) is 3.31. The van der Waals surface area contributed by atoms with Crippen molar-refractivity contribution in [2.45, 2.75) is 6.18 Å². The molecule has 24 heavy (non-hydrogen) atoms. The summed E-state index contributed by atoms with van der Waals surface area (Å²) in [5.41, 5.74) is 0.192. The predicted octanol–water partition coefficient (Wildman–Crippen LogP) is 5.52. The van der Waals surface area contributed by atoms with Gasteiger partial charge in [-0.15, -0.1) is 0 Å². The average Bonchev–Trinajstić information content (AvgIpc) is 2.54. The summed E-state index contributed by atoms with van der Waals surface area (Å²) in [7, 11) is 0. The lowest BCUT2D eigenvalue weighted by Gasteiger charge is -2.11. The number of ether oxygens (including phenoxy) is 1. The van der Waals surface area contributed by atoms with Gasteiger partial charge in [-0.2, -0.15) is 18.4 Å². The van der Waals surface area contributed by atoms with E-state index in [4.69, 9.17) is 4.74 Å². The van der Waals surface area contributed by atoms with Gasteiger partial charge in [-0.05, 0) is 65.1 Å². The Balaban J connectivity index is 2.01. The Morgan fingerprint density at radius 2 is 1.79 bits per heavy atom. The zero-order chi connectivity index (χ0) is 17.3. The van der Waals surface area contributed by atoms with Gasteiger partial charge in [0.15, 0.2) is 5.75 Å². The molecule has 0 saturated carbocycles. The van der Waals surface area contributed by atoms with E-state index in [2.05, 4.69) is 33.6 Å². The van der Waals surface area contributed by atoms with Crippen LogP contribution in [0.5, 0.6) is 11.5 Å². The van der Waals surface area contributed by atoms with Crippen LogP contribution in [0.4, 0.5) is 13.2 Å². The van der Waals surface area contributed by atoms with E-state index in [9.17, 15) is 18.4 Å². The topological polar surface area (TPSA) is 45.9 Å². The Bertz CT molecular complexity index is 947. The molecule has 0 aliphatic heterocycles. The first kappa shape index (κ1) is 16.5. The minimum absolute atomic E-state index is 0.259. The number of pyridine rings is 1. The largest absolute Gasteiger partial charge is 0.455 e. The quantitative estimate of drug-likeness (QED) is 0.493. The second-order valence-electron chi connectivity index (χ2n) is 4.90. The number of aromatic nitrogens is 1. The van der Waals surface area contributed by atoms with Gasteiger partial charge in [0.2, 0.25) is 0 Å². The maximum Gasteiger partial charge on any atom is 0.416 e. The molecule has 2 aromatic carbocycles. The molecule has 0 spiro atoms. The van der Waals surface area contributed by atoms with Gasteiger partial charge in [0, 0.05) is 15.2 Å². The van der Waals surface area contributed by atoms with Crippen molar-refractivity contribution in [3.05, 3.63) is 63.4 Å². The van der Waals surface area contributed by atoms with Crippen LogP contribution < -0.4 is 4.74 Å². The molecule has 0 aliphatic rings. The number of benzene rings is 2. The normalized spacial score (nSPS) is 11.3. The summed E-state index contributed by atoms with van der Waals surface area (Å²) in [6, 6.07) is 11.5. The highest BCUT2D eigenvalue weighted by molar-refractivity contribution is 14.1. The van der Waals surface area contributed by atoms with Crippen LogP contribution in [-0.4, -0.2) is 4.98 Å². The standard InChI is InChI=1S/C17H8F3IN2O/c18-17(19,20)11-2-4-13(5-3-11)24-15-6-1-10(8-22)14-7-12(21)9-23-16(14)15/h1-7,9H. The van der Waals surface area contributed by atoms with Gasteiger partial charge >= 0.3 is 6.18 Å². The van der Waals surface area contributed by atoms with E-state index in [1.54, 1.807) is 24.4 Å². The van der Waals surface area contributed by atoms with Gasteiger partial charge < -0.3 is 4.74 Å². The molecule has 7 heteroatoms. The maximum atomic E-state index is 12.6. The second kappa shape index (κ2) is 6.28. The Morgan fingerprint density at radius 3 is 2.42 bits per heavy atom. The van der Waals surface area contributed by atoms with E-state index in [1.165, 1.54) is 12.1 Å². The molecule has 3 rings (SSSR count). The van der Waals surface area contributed by atoms with Crippen LogP contribution in [0.3, 0.4) is 0 Å². The summed E-state index contributed by atoms with van der Waals surface area (Å²) in [5.74, 6) is 0.634. The number of nitriles is 1. The first-order chi connectivity index (χ1) is 11.4. The summed E-state index contributed by atoms with van der Waals surface area (Å²) < 4.78 is 44.3. The SMILES string of the molecule is N#Cc1ccc(Oc2ccc(C(F)(F)F)cc2)c2ncc(I)cc12. The van der Waals surface area contributed by atoms with Gasteiger partial charge in [-0.1, -0.05) is 0 Å². The first-order valence-electron chi connectivity index (χ1n) is 6.72. The van der Waals surface area contributed by atoms with Crippen molar-refractivity contribution in [1.82, 2.24) is 4.98 Å². The van der Waals surface area contributed by atoms with Crippen LogP contribution in [0.15, 0.2) is 48.7 Å². The van der Waals surface area contributed by atoms with Crippen LogP contribution in [-0.2, 0) is 6.18 Å². The Labute approximate surface area is 148 Å². The van der Waals surface area contributed by atoms with Crippen LogP contribution in [0.25, 0.3) is 10.9 Å². The zero-order valence-electron chi connectivity index (χ0n) is 11.9. The minimum atomic E-state index is -4.39. The number of hydrogen-bond donors (Lipinski definition) is 0. The van der Waals surface area contributed by atoms with E-state index >= 15 is 0 Å². The van der Waals surface area contributed by atoms with Crippen molar-refractivity contribution in [1.29, 1.82) is 5.26 Å². The van der Waals surface area contributed by atoms with Gasteiger partial charge in [0.05, 0.1) is 17.2 Å². The lowest BCUT2D eigenvalue weighted by molar-refractivity contribution is -0.137. The summed E-state index contributed by atoms with van der Waals surface area (Å²) in [6.45, 7) is 0. The number of hydrogen-bond acceptors (Lipinski definition) is 3.